The van der Waals surface area contributed by atoms with Crippen LogP contribution in [0.1, 0.15) is 0 Å². The summed E-state index contributed by atoms with van der Waals surface area (Å²) >= 11 is 9.05. The molecule has 0 saturated heterocycles. The maximum absolute atomic E-state index is 12.8. The van der Waals surface area contributed by atoms with Gasteiger partial charge in [0.15, 0.2) is 0 Å². The molecule has 7 nitrogen and oxygen atoms in total. The standard InChI is InChI=1S/C16H12BrClN2O5S/c17-7-8-25-11-2-4-12(5-3-11)26(23,24)20-15(21)13-6-1-10(18)9-14(13)19-16(20)22/h1-6,9H,7-8H2,(H,19,22). The lowest BCUT2D eigenvalue weighted by Gasteiger charge is -2.09. The fourth-order valence-electron chi connectivity index (χ4n) is 2.36. The molecule has 26 heavy (non-hydrogen) atoms. The molecule has 10 heteroatoms. The molecule has 1 aromatic heterocycles. The van der Waals surface area contributed by atoms with Crippen LogP contribution in [0.5, 0.6) is 5.75 Å². The van der Waals surface area contributed by atoms with Crippen molar-refractivity contribution >= 4 is 48.5 Å². The van der Waals surface area contributed by atoms with Crippen LogP contribution >= 0.6 is 27.5 Å². The number of H-pyrrole nitrogens is 1. The van der Waals surface area contributed by atoms with Gasteiger partial charge in [0.1, 0.15) is 5.75 Å². The molecule has 0 fully saturated rings. The van der Waals surface area contributed by atoms with Gasteiger partial charge in [0.05, 0.1) is 22.4 Å². The van der Waals surface area contributed by atoms with E-state index in [2.05, 4.69) is 20.9 Å². The number of aromatic amines is 1. The molecule has 0 unspecified atom stereocenters. The second kappa shape index (κ2) is 7.26. The molecule has 0 bridgehead atoms. The monoisotopic (exact) mass is 458 g/mol. The van der Waals surface area contributed by atoms with Crippen molar-refractivity contribution in [3.8, 4) is 5.75 Å². The predicted molar refractivity (Wildman–Crippen MR) is 102 cm³/mol. The summed E-state index contributed by atoms with van der Waals surface area (Å²) in [6.07, 6.45) is 0. The van der Waals surface area contributed by atoms with Crippen molar-refractivity contribution in [1.29, 1.82) is 0 Å². The van der Waals surface area contributed by atoms with E-state index in [4.69, 9.17) is 16.3 Å². The Bertz CT molecular complexity index is 1190. The number of aromatic nitrogens is 2. The van der Waals surface area contributed by atoms with E-state index >= 15 is 0 Å². The number of rotatable bonds is 5. The molecular formula is C16H12BrClN2O5S. The van der Waals surface area contributed by atoms with E-state index in [9.17, 15) is 18.0 Å². The van der Waals surface area contributed by atoms with Gasteiger partial charge in [-0.3, -0.25) is 4.79 Å². The maximum atomic E-state index is 12.8. The van der Waals surface area contributed by atoms with Crippen LogP contribution in [0.15, 0.2) is 56.9 Å². The van der Waals surface area contributed by atoms with E-state index in [0.29, 0.717) is 22.7 Å². The molecule has 3 aromatic rings. The molecule has 2 aromatic carbocycles. The molecule has 0 saturated carbocycles. The lowest BCUT2D eigenvalue weighted by molar-refractivity contribution is 0.345. The molecule has 0 aliphatic heterocycles. The zero-order valence-corrected chi connectivity index (χ0v) is 16.3. The fraction of sp³-hybridized carbons (Fsp3) is 0.125. The summed E-state index contributed by atoms with van der Waals surface area (Å²) in [6, 6.07) is 9.64. The molecule has 0 aliphatic rings. The summed E-state index contributed by atoms with van der Waals surface area (Å²) in [7, 11) is -4.38. The second-order valence-corrected chi connectivity index (χ2v) is 8.22. The van der Waals surface area contributed by atoms with Crippen molar-refractivity contribution in [3.05, 3.63) is 68.3 Å². The minimum absolute atomic E-state index is 0.0369. The lowest BCUT2D eigenvalue weighted by Crippen LogP contribution is -2.39. The average Bonchev–Trinajstić information content (AvgIpc) is 2.59. The summed E-state index contributed by atoms with van der Waals surface area (Å²) in [4.78, 5) is 27.0. The van der Waals surface area contributed by atoms with Gasteiger partial charge in [-0.2, -0.15) is 0 Å². The number of ether oxygens (including phenoxy) is 1. The minimum Gasteiger partial charge on any atom is -0.493 e. The summed E-state index contributed by atoms with van der Waals surface area (Å²) in [5.74, 6) is 0.470. The number of nitrogens with one attached hydrogen (secondary N) is 1. The minimum atomic E-state index is -4.38. The zero-order valence-electron chi connectivity index (χ0n) is 13.1. The maximum Gasteiger partial charge on any atom is 0.343 e. The molecule has 0 atom stereocenters. The number of halogens is 2. The number of alkyl halides is 1. The Kier molecular flexibility index (Phi) is 5.22. The van der Waals surface area contributed by atoms with Crippen LogP contribution in [-0.4, -0.2) is 29.3 Å². The average molecular weight is 460 g/mol. The lowest BCUT2D eigenvalue weighted by atomic mass is 10.2. The first-order valence-corrected chi connectivity index (χ1v) is 10.3. The second-order valence-electron chi connectivity index (χ2n) is 5.20. The fourth-order valence-corrected chi connectivity index (χ4v) is 3.97. The Morgan fingerprint density at radius 2 is 1.81 bits per heavy atom. The molecule has 0 radical (unpaired) electrons. The van der Waals surface area contributed by atoms with Crippen LogP contribution in [0.25, 0.3) is 10.9 Å². The highest BCUT2D eigenvalue weighted by atomic mass is 79.9. The van der Waals surface area contributed by atoms with E-state index < -0.39 is 21.3 Å². The first-order chi connectivity index (χ1) is 12.3. The summed E-state index contributed by atoms with van der Waals surface area (Å²) in [5.41, 5.74) is -1.85. The van der Waals surface area contributed by atoms with E-state index in [1.165, 1.54) is 42.5 Å². The quantitative estimate of drug-likeness (QED) is 0.591. The Morgan fingerprint density at radius 1 is 1.12 bits per heavy atom. The van der Waals surface area contributed by atoms with Crippen LogP contribution < -0.4 is 16.0 Å². The van der Waals surface area contributed by atoms with Crippen LogP contribution in [0.3, 0.4) is 0 Å². The Balaban J connectivity index is 2.14. The van der Waals surface area contributed by atoms with E-state index in [1.807, 2.05) is 0 Å². The van der Waals surface area contributed by atoms with Crippen molar-refractivity contribution in [2.45, 2.75) is 4.90 Å². The van der Waals surface area contributed by atoms with Crippen molar-refractivity contribution in [3.63, 3.8) is 0 Å². The highest BCUT2D eigenvalue weighted by molar-refractivity contribution is 9.09. The molecule has 1 heterocycles. The normalized spacial score (nSPS) is 11.6. The zero-order chi connectivity index (χ0) is 18.9. The third kappa shape index (κ3) is 3.42. The predicted octanol–water partition coefficient (Wildman–Crippen LogP) is 2.35. The van der Waals surface area contributed by atoms with E-state index in [1.54, 1.807) is 0 Å². The summed E-state index contributed by atoms with van der Waals surface area (Å²) in [5, 5.41) is 0.973. The topological polar surface area (TPSA) is 98.2 Å². The molecule has 1 N–H and O–H groups in total. The Morgan fingerprint density at radius 3 is 2.46 bits per heavy atom. The van der Waals surface area contributed by atoms with Gasteiger partial charge in [-0.25, -0.2) is 13.2 Å². The molecular weight excluding hydrogens is 448 g/mol. The first-order valence-electron chi connectivity index (χ1n) is 7.33. The molecule has 136 valence electrons. The van der Waals surface area contributed by atoms with Gasteiger partial charge < -0.3 is 9.72 Å². The summed E-state index contributed by atoms with van der Waals surface area (Å²) in [6.45, 7) is 0.415. The molecule has 3 rings (SSSR count). The van der Waals surface area contributed by atoms with Gasteiger partial charge >= 0.3 is 5.69 Å². The van der Waals surface area contributed by atoms with Crippen LogP contribution in [0.2, 0.25) is 5.02 Å². The van der Waals surface area contributed by atoms with E-state index in [0.717, 1.165) is 0 Å². The van der Waals surface area contributed by atoms with Gasteiger partial charge in [-0.05, 0) is 42.5 Å². The van der Waals surface area contributed by atoms with Crippen LogP contribution in [0, 0.1) is 0 Å². The van der Waals surface area contributed by atoms with Crippen molar-refractivity contribution in [1.82, 2.24) is 8.96 Å². The summed E-state index contributed by atoms with van der Waals surface area (Å²) < 4.78 is 31.1. The molecule has 0 spiro atoms. The van der Waals surface area contributed by atoms with Gasteiger partial charge in [0.2, 0.25) is 0 Å². The smallest absolute Gasteiger partial charge is 0.343 e. The van der Waals surface area contributed by atoms with Gasteiger partial charge in [0, 0.05) is 10.4 Å². The Hall–Kier alpha value is -2.10. The number of hydrogen-bond acceptors (Lipinski definition) is 5. The van der Waals surface area contributed by atoms with Gasteiger partial charge in [-0.15, -0.1) is 3.97 Å². The SMILES string of the molecule is O=c1[nH]c2cc(Cl)ccc2c(=O)n1S(=O)(=O)c1ccc(OCCBr)cc1. The molecule has 0 aliphatic carbocycles. The Labute approximate surface area is 161 Å². The van der Waals surface area contributed by atoms with Crippen LogP contribution in [0.4, 0.5) is 0 Å². The first kappa shape index (κ1) is 18.7. The van der Waals surface area contributed by atoms with Crippen molar-refractivity contribution in [2.24, 2.45) is 0 Å². The van der Waals surface area contributed by atoms with Gasteiger partial charge in [0.25, 0.3) is 15.6 Å². The van der Waals surface area contributed by atoms with Crippen molar-refractivity contribution < 1.29 is 13.2 Å². The highest BCUT2D eigenvalue weighted by Gasteiger charge is 2.23. The van der Waals surface area contributed by atoms with E-state index in [-0.39, 0.29) is 19.8 Å². The van der Waals surface area contributed by atoms with Crippen molar-refractivity contribution in [2.75, 3.05) is 11.9 Å². The van der Waals surface area contributed by atoms with Crippen LogP contribution in [-0.2, 0) is 10.0 Å². The third-order valence-corrected chi connectivity index (χ3v) is 5.77. The number of nitrogens with zero attached hydrogens (tertiary/aromatic N) is 1. The number of hydrogen-bond donors (Lipinski definition) is 1. The number of fused-ring (bicyclic) bond motifs is 1. The highest BCUT2D eigenvalue weighted by Crippen LogP contribution is 2.18. The number of benzene rings is 2. The molecule has 0 amide bonds. The third-order valence-electron chi connectivity index (χ3n) is 3.53. The van der Waals surface area contributed by atoms with Gasteiger partial charge in [-0.1, -0.05) is 27.5 Å². The largest absolute Gasteiger partial charge is 0.493 e.